The molecule has 0 radical (unpaired) electrons. The summed E-state index contributed by atoms with van der Waals surface area (Å²) < 4.78 is 10.5. The van der Waals surface area contributed by atoms with E-state index >= 15 is 0 Å². The third-order valence-electron chi connectivity index (χ3n) is 4.29. The number of rotatable bonds is 6. The Labute approximate surface area is 150 Å². The molecule has 2 N–H and O–H groups in total. The van der Waals surface area contributed by atoms with Crippen molar-refractivity contribution in [3.8, 4) is 5.75 Å². The Bertz CT molecular complexity index is 965. The van der Waals surface area contributed by atoms with Crippen LogP contribution in [-0.4, -0.2) is 18.2 Å². The van der Waals surface area contributed by atoms with Crippen LogP contribution in [0.2, 0.25) is 0 Å². The predicted molar refractivity (Wildman–Crippen MR) is 96.3 cm³/mol. The third kappa shape index (κ3) is 3.92. The Morgan fingerprint density at radius 2 is 1.92 bits per heavy atom. The fraction of sp³-hybridized carbons (Fsp3) is 0.200. The zero-order valence-corrected chi connectivity index (χ0v) is 14.3. The summed E-state index contributed by atoms with van der Waals surface area (Å²) in [7, 11) is 1.54. The molecule has 3 aromatic rings. The van der Waals surface area contributed by atoms with Gasteiger partial charge in [-0.05, 0) is 36.6 Å². The lowest BCUT2D eigenvalue weighted by atomic mass is 9.92. The standard InChI is InChI=1S/C20H19NO5/c1-25-17-8-7-14-10-16(20(23)26-18(14)12-17)11-15(19(22)21-24)9-13-5-3-2-4-6-13/h2-8,10,12,15,24H,9,11H2,1H3,(H,21,22). The average Bonchev–Trinajstić information content (AvgIpc) is 2.67. The van der Waals surface area contributed by atoms with Crippen LogP contribution in [0.4, 0.5) is 0 Å². The van der Waals surface area contributed by atoms with Crippen LogP contribution >= 0.6 is 0 Å². The maximum absolute atomic E-state index is 12.3. The van der Waals surface area contributed by atoms with E-state index in [2.05, 4.69) is 0 Å². The van der Waals surface area contributed by atoms with E-state index in [9.17, 15) is 9.59 Å². The average molecular weight is 353 g/mol. The van der Waals surface area contributed by atoms with Crippen molar-refractivity contribution >= 4 is 16.9 Å². The second kappa shape index (κ2) is 7.84. The van der Waals surface area contributed by atoms with Gasteiger partial charge in [-0.1, -0.05) is 30.3 Å². The zero-order chi connectivity index (χ0) is 18.5. The smallest absolute Gasteiger partial charge is 0.339 e. The van der Waals surface area contributed by atoms with Gasteiger partial charge in [0.2, 0.25) is 5.91 Å². The van der Waals surface area contributed by atoms with Crippen LogP contribution in [0.25, 0.3) is 11.0 Å². The van der Waals surface area contributed by atoms with Crippen LogP contribution in [0.1, 0.15) is 11.1 Å². The highest BCUT2D eigenvalue weighted by Gasteiger charge is 2.21. The second-order valence-corrected chi connectivity index (χ2v) is 6.03. The summed E-state index contributed by atoms with van der Waals surface area (Å²) in [4.78, 5) is 24.4. The van der Waals surface area contributed by atoms with Crippen molar-refractivity contribution in [2.75, 3.05) is 7.11 Å². The van der Waals surface area contributed by atoms with E-state index in [0.29, 0.717) is 23.3 Å². The summed E-state index contributed by atoms with van der Waals surface area (Å²) in [5.74, 6) is -0.543. The first-order valence-electron chi connectivity index (χ1n) is 8.19. The quantitative estimate of drug-likeness (QED) is 0.404. The van der Waals surface area contributed by atoms with E-state index < -0.39 is 17.5 Å². The van der Waals surface area contributed by atoms with Gasteiger partial charge in [-0.25, -0.2) is 10.3 Å². The number of hydrogen-bond donors (Lipinski definition) is 2. The number of nitrogens with one attached hydrogen (secondary N) is 1. The molecule has 0 bridgehead atoms. The second-order valence-electron chi connectivity index (χ2n) is 6.03. The Kier molecular flexibility index (Phi) is 5.34. The first kappa shape index (κ1) is 17.7. The fourth-order valence-electron chi connectivity index (χ4n) is 2.92. The lowest BCUT2D eigenvalue weighted by Gasteiger charge is -2.14. The van der Waals surface area contributed by atoms with Crippen molar-refractivity contribution in [1.29, 1.82) is 0 Å². The first-order chi connectivity index (χ1) is 12.6. The highest BCUT2D eigenvalue weighted by Crippen LogP contribution is 2.22. The first-order valence-corrected chi connectivity index (χ1v) is 8.19. The minimum atomic E-state index is -0.596. The summed E-state index contributed by atoms with van der Waals surface area (Å²) in [5, 5.41) is 9.78. The molecule has 6 nitrogen and oxygen atoms in total. The van der Waals surface area contributed by atoms with Gasteiger partial charge < -0.3 is 9.15 Å². The number of amides is 1. The van der Waals surface area contributed by atoms with Gasteiger partial charge in [0.25, 0.3) is 0 Å². The van der Waals surface area contributed by atoms with E-state index in [4.69, 9.17) is 14.4 Å². The van der Waals surface area contributed by atoms with Crippen LogP contribution in [0, 0.1) is 5.92 Å². The highest BCUT2D eigenvalue weighted by atomic mass is 16.5. The monoisotopic (exact) mass is 353 g/mol. The summed E-state index contributed by atoms with van der Waals surface area (Å²) in [6.45, 7) is 0. The molecule has 3 rings (SSSR count). The molecule has 134 valence electrons. The van der Waals surface area contributed by atoms with Gasteiger partial charge in [-0.15, -0.1) is 0 Å². The van der Waals surface area contributed by atoms with Gasteiger partial charge in [0, 0.05) is 22.9 Å². The molecular formula is C20H19NO5. The Morgan fingerprint density at radius 1 is 1.15 bits per heavy atom. The van der Waals surface area contributed by atoms with Crippen molar-refractivity contribution < 1.29 is 19.2 Å². The number of benzene rings is 2. The lowest BCUT2D eigenvalue weighted by Crippen LogP contribution is -2.32. The molecule has 26 heavy (non-hydrogen) atoms. The van der Waals surface area contributed by atoms with Crippen molar-refractivity contribution in [2.45, 2.75) is 12.8 Å². The van der Waals surface area contributed by atoms with E-state index in [1.54, 1.807) is 29.7 Å². The van der Waals surface area contributed by atoms with Crippen LogP contribution in [0.15, 0.2) is 63.8 Å². The fourth-order valence-corrected chi connectivity index (χ4v) is 2.92. The van der Waals surface area contributed by atoms with Crippen molar-refractivity contribution in [1.82, 2.24) is 5.48 Å². The maximum atomic E-state index is 12.3. The number of carbonyl (C=O) groups is 1. The molecule has 6 heteroatoms. The largest absolute Gasteiger partial charge is 0.497 e. The molecule has 0 fully saturated rings. The molecule has 1 amide bonds. The molecule has 1 heterocycles. The van der Waals surface area contributed by atoms with Gasteiger partial charge in [-0.3, -0.25) is 10.0 Å². The molecule has 0 aliphatic heterocycles. The predicted octanol–water partition coefficient (Wildman–Crippen LogP) is 2.71. The lowest BCUT2D eigenvalue weighted by molar-refractivity contribution is -0.133. The molecule has 1 aromatic heterocycles. The highest BCUT2D eigenvalue weighted by molar-refractivity contribution is 5.80. The zero-order valence-electron chi connectivity index (χ0n) is 14.3. The number of carbonyl (C=O) groups excluding carboxylic acids is 1. The van der Waals surface area contributed by atoms with Gasteiger partial charge in [0.05, 0.1) is 7.11 Å². The van der Waals surface area contributed by atoms with Gasteiger partial charge in [0.15, 0.2) is 0 Å². The van der Waals surface area contributed by atoms with Gasteiger partial charge >= 0.3 is 5.63 Å². The Balaban J connectivity index is 1.91. The summed E-state index contributed by atoms with van der Waals surface area (Å²) in [6.07, 6.45) is 0.554. The van der Waals surface area contributed by atoms with Gasteiger partial charge in [-0.2, -0.15) is 0 Å². The molecule has 1 unspecified atom stereocenters. The van der Waals surface area contributed by atoms with Crippen molar-refractivity contribution in [3.63, 3.8) is 0 Å². The topological polar surface area (TPSA) is 88.8 Å². The minimum Gasteiger partial charge on any atom is -0.497 e. The van der Waals surface area contributed by atoms with E-state index in [-0.39, 0.29) is 6.42 Å². The van der Waals surface area contributed by atoms with Crippen LogP contribution in [-0.2, 0) is 17.6 Å². The molecule has 0 saturated heterocycles. The van der Waals surface area contributed by atoms with E-state index in [0.717, 1.165) is 10.9 Å². The van der Waals surface area contributed by atoms with Crippen molar-refractivity contribution in [2.24, 2.45) is 5.92 Å². The van der Waals surface area contributed by atoms with Crippen molar-refractivity contribution in [3.05, 3.63) is 76.1 Å². The number of hydrogen-bond acceptors (Lipinski definition) is 5. The van der Waals surface area contributed by atoms with E-state index in [1.165, 1.54) is 7.11 Å². The molecular weight excluding hydrogens is 334 g/mol. The van der Waals surface area contributed by atoms with Crippen LogP contribution in [0.3, 0.4) is 0 Å². The van der Waals surface area contributed by atoms with Crippen LogP contribution in [0.5, 0.6) is 5.75 Å². The molecule has 0 spiro atoms. The summed E-state index contributed by atoms with van der Waals surface area (Å²) >= 11 is 0. The maximum Gasteiger partial charge on any atom is 0.339 e. The van der Waals surface area contributed by atoms with Gasteiger partial charge in [0.1, 0.15) is 11.3 Å². The van der Waals surface area contributed by atoms with E-state index in [1.807, 2.05) is 30.3 Å². The third-order valence-corrected chi connectivity index (χ3v) is 4.29. The Morgan fingerprint density at radius 3 is 2.62 bits per heavy atom. The number of methoxy groups -OCH3 is 1. The summed E-state index contributed by atoms with van der Waals surface area (Å²) in [6, 6.07) is 16.3. The molecule has 0 aliphatic carbocycles. The number of hydroxylamine groups is 1. The Hall–Kier alpha value is -3.12. The van der Waals surface area contributed by atoms with Crippen LogP contribution < -0.4 is 15.8 Å². The molecule has 2 aromatic carbocycles. The minimum absolute atomic E-state index is 0.158. The molecule has 0 saturated carbocycles. The SMILES string of the molecule is COc1ccc2cc(CC(Cc3ccccc3)C(=O)NO)c(=O)oc2c1. The molecule has 0 aliphatic rings. The normalized spacial score (nSPS) is 11.9. The number of fused-ring (bicyclic) bond motifs is 1. The number of ether oxygens (including phenoxy) is 1. The molecule has 1 atom stereocenters. The summed E-state index contributed by atoms with van der Waals surface area (Å²) in [5.41, 5.74) is 2.93.